The molecule has 0 saturated carbocycles. The average Bonchev–Trinajstić information content (AvgIpc) is 3.03. The van der Waals surface area contributed by atoms with Crippen molar-refractivity contribution in [3.8, 4) is 0 Å². The van der Waals surface area contributed by atoms with Crippen molar-refractivity contribution in [3.05, 3.63) is 29.6 Å². The molecule has 112 valence electrons. The smallest absolute Gasteiger partial charge is 0.338 e. The minimum atomic E-state index is -1.38. The zero-order valence-corrected chi connectivity index (χ0v) is 11.1. The molecular weight excluding hydrogens is 279 g/mol. The van der Waals surface area contributed by atoms with E-state index in [1.54, 1.807) is 0 Å². The maximum Gasteiger partial charge on any atom is 0.338 e. The van der Waals surface area contributed by atoms with Crippen LogP contribution >= 0.6 is 0 Å². The molecule has 2 saturated heterocycles. The lowest BCUT2D eigenvalue weighted by molar-refractivity contribution is 0.0692. The van der Waals surface area contributed by atoms with Crippen LogP contribution in [0.1, 0.15) is 29.6 Å². The van der Waals surface area contributed by atoms with Crippen molar-refractivity contribution in [2.45, 2.75) is 37.5 Å². The van der Waals surface area contributed by atoms with Crippen LogP contribution in [-0.4, -0.2) is 35.4 Å². The number of rotatable bonds is 3. The summed E-state index contributed by atoms with van der Waals surface area (Å²) in [4.78, 5) is 22.7. The van der Waals surface area contributed by atoms with E-state index in [-0.39, 0.29) is 23.9 Å². The van der Waals surface area contributed by atoms with E-state index in [0.29, 0.717) is 0 Å². The maximum atomic E-state index is 13.3. The number of ether oxygens (including phenoxy) is 1. The van der Waals surface area contributed by atoms with Gasteiger partial charge in [-0.15, -0.1) is 0 Å². The van der Waals surface area contributed by atoms with E-state index >= 15 is 0 Å². The topological polar surface area (TPSA) is 87.7 Å². The first-order valence-electron chi connectivity index (χ1n) is 6.79. The Morgan fingerprint density at radius 3 is 2.76 bits per heavy atom. The molecule has 2 amide bonds. The Hall–Kier alpha value is -2.15. The lowest BCUT2D eigenvalue weighted by Crippen LogP contribution is -2.43. The van der Waals surface area contributed by atoms with Gasteiger partial charge >= 0.3 is 12.0 Å². The van der Waals surface area contributed by atoms with Gasteiger partial charge in [0.25, 0.3) is 0 Å². The highest BCUT2D eigenvalue weighted by molar-refractivity contribution is 5.93. The second-order valence-electron chi connectivity index (χ2n) is 5.31. The number of aromatic carboxylic acids is 1. The second kappa shape index (κ2) is 5.33. The molecule has 1 aromatic rings. The Morgan fingerprint density at radius 2 is 2.14 bits per heavy atom. The molecule has 3 atom stereocenters. The minimum Gasteiger partial charge on any atom is -0.478 e. The SMILES string of the molecule is O=C(Nc1ccc(F)c(C(=O)O)c1)NC1CC2CCC1O2. The quantitative estimate of drug-likeness (QED) is 0.795. The Bertz CT molecular complexity index is 592. The van der Waals surface area contributed by atoms with Crippen molar-refractivity contribution in [2.24, 2.45) is 0 Å². The minimum absolute atomic E-state index is 0.0249. The molecule has 7 heteroatoms. The summed E-state index contributed by atoms with van der Waals surface area (Å²) in [5, 5.41) is 14.2. The number of nitrogens with one attached hydrogen (secondary N) is 2. The summed E-state index contributed by atoms with van der Waals surface area (Å²) >= 11 is 0. The van der Waals surface area contributed by atoms with Gasteiger partial charge in [-0.1, -0.05) is 0 Å². The first kappa shape index (κ1) is 13.8. The van der Waals surface area contributed by atoms with Gasteiger partial charge in [0.05, 0.1) is 23.8 Å². The summed E-state index contributed by atoms with van der Waals surface area (Å²) in [5.41, 5.74) is -0.244. The highest BCUT2D eigenvalue weighted by Crippen LogP contribution is 2.34. The molecule has 3 N–H and O–H groups in total. The number of carbonyl (C=O) groups excluding carboxylic acids is 1. The van der Waals surface area contributed by atoms with Crippen LogP contribution in [0.3, 0.4) is 0 Å². The fourth-order valence-corrected chi connectivity index (χ4v) is 2.89. The van der Waals surface area contributed by atoms with Gasteiger partial charge in [-0.2, -0.15) is 0 Å². The number of benzene rings is 1. The average molecular weight is 294 g/mol. The lowest BCUT2D eigenvalue weighted by atomic mass is 9.96. The molecule has 2 fully saturated rings. The number of hydrogen-bond donors (Lipinski definition) is 3. The third kappa shape index (κ3) is 2.82. The molecule has 0 spiro atoms. The van der Waals surface area contributed by atoms with Crippen molar-refractivity contribution in [3.63, 3.8) is 0 Å². The summed E-state index contributed by atoms with van der Waals surface area (Å²) in [6, 6.07) is 2.95. The highest BCUT2D eigenvalue weighted by Gasteiger charge is 2.41. The van der Waals surface area contributed by atoms with Crippen LogP contribution < -0.4 is 10.6 Å². The Kier molecular flexibility index (Phi) is 3.50. The van der Waals surface area contributed by atoms with E-state index in [1.165, 1.54) is 6.07 Å². The number of carboxylic acid groups (broad SMARTS) is 1. The summed E-state index contributed by atoms with van der Waals surface area (Å²) in [6.45, 7) is 0. The maximum absolute atomic E-state index is 13.3. The fourth-order valence-electron chi connectivity index (χ4n) is 2.89. The van der Waals surface area contributed by atoms with E-state index in [2.05, 4.69) is 10.6 Å². The monoisotopic (exact) mass is 294 g/mol. The van der Waals surface area contributed by atoms with E-state index in [0.717, 1.165) is 31.4 Å². The molecule has 0 radical (unpaired) electrons. The van der Waals surface area contributed by atoms with Crippen molar-refractivity contribution < 1.29 is 23.8 Å². The molecule has 2 aliphatic heterocycles. The molecule has 21 heavy (non-hydrogen) atoms. The molecule has 2 heterocycles. The standard InChI is InChI=1S/C14H15FN2O4/c15-10-3-1-7(5-9(10)13(18)19)16-14(20)17-11-6-8-2-4-12(11)21-8/h1,3,5,8,11-12H,2,4,6H2,(H,18,19)(H2,16,17,20). The summed E-state index contributed by atoms with van der Waals surface area (Å²) in [7, 11) is 0. The van der Waals surface area contributed by atoms with E-state index in [1.807, 2.05) is 0 Å². The molecule has 0 aliphatic carbocycles. The van der Waals surface area contributed by atoms with Crippen LogP contribution in [0, 0.1) is 5.82 Å². The fraction of sp³-hybridized carbons (Fsp3) is 0.429. The Morgan fingerprint density at radius 1 is 1.33 bits per heavy atom. The number of anilines is 1. The zero-order valence-electron chi connectivity index (χ0n) is 11.1. The lowest BCUT2D eigenvalue weighted by Gasteiger charge is -2.20. The third-order valence-electron chi connectivity index (χ3n) is 3.88. The highest BCUT2D eigenvalue weighted by atomic mass is 19.1. The van der Waals surface area contributed by atoms with Crippen molar-refractivity contribution >= 4 is 17.7 Å². The molecule has 2 bridgehead atoms. The van der Waals surface area contributed by atoms with Crippen molar-refractivity contribution in [1.29, 1.82) is 0 Å². The van der Waals surface area contributed by atoms with E-state index < -0.39 is 23.4 Å². The molecule has 3 rings (SSSR count). The normalized spacial score (nSPS) is 26.6. The van der Waals surface area contributed by atoms with Crippen LogP contribution in [-0.2, 0) is 4.74 Å². The van der Waals surface area contributed by atoms with Crippen LogP contribution in [0.15, 0.2) is 18.2 Å². The third-order valence-corrected chi connectivity index (χ3v) is 3.88. The van der Waals surface area contributed by atoms with Gasteiger partial charge in [0.2, 0.25) is 0 Å². The van der Waals surface area contributed by atoms with Gasteiger partial charge in [-0.25, -0.2) is 14.0 Å². The van der Waals surface area contributed by atoms with Crippen LogP contribution in [0.5, 0.6) is 0 Å². The van der Waals surface area contributed by atoms with Crippen LogP contribution in [0.2, 0.25) is 0 Å². The molecule has 1 aromatic carbocycles. The summed E-state index contributed by atoms with van der Waals surface area (Å²) < 4.78 is 18.9. The number of carboxylic acids is 1. The van der Waals surface area contributed by atoms with Crippen molar-refractivity contribution in [1.82, 2.24) is 5.32 Å². The number of urea groups is 1. The number of hydrogen-bond acceptors (Lipinski definition) is 3. The molecule has 6 nitrogen and oxygen atoms in total. The van der Waals surface area contributed by atoms with Crippen molar-refractivity contribution in [2.75, 3.05) is 5.32 Å². The van der Waals surface area contributed by atoms with Gasteiger partial charge in [0.15, 0.2) is 0 Å². The largest absolute Gasteiger partial charge is 0.478 e. The number of carbonyl (C=O) groups is 2. The Balaban J connectivity index is 1.62. The van der Waals surface area contributed by atoms with Gasteiger partial charge in [-0.3, -0.25) is 0 Å². The number of halogens is 1. The van der Waals surface area contributed by atoms with Crippen LogP contribution in [0.25, 0.3) is 0 Å². The van der Waals surface area contributed by atoms with Gasteiger partial charge < -0.3 is 20.5 Å². The Labute approximate surface area is 120 Å². The van der Waals surface area contributed by atoms with Gasteiger partial charge in [0.1, 0.15) is 5.82 Å². The van der Waals surface area contributed by atoms with Crippen LogP contribution in [0.4, 0.5) is 14.9 Å². The first-order chi connectivity index (χ1) is 10.0. The van der Waals surface area contributed by atoms with E-state index in [4.69, 9.17) is 9.84 Å². The number of fused-ring (bicyclic) bond motifs is 2. The predicted molar refractivity (Wildman–Crippen MR) is 71.8 cm³/mol. The van der Waals surface area contributed by atoms with E-state index in [9.17, 15) is 14.0 Å². The van der Waals surface area contributed by atoms with Gasteiger partial charge in [-0.05, 0) is 37.5 Å². The molecule has 3 unspecified atom stereocenters. The molecule has 2 aliphatic rings. The number of amides is 2. The second-order valence-corrected chi connectivity index (χ2v) is 5.31. The predicted octanol–water partition coefficient (Wildman–Crippen LogP) is 1.97. The first-order valence-corrected chi connectivity index (χ1v) is 6.79. The summed E-state index contributed by atoms with van der Waals surface area (Å²) in [5.74, 6) is -2.21. The zero-order chi connectivity index (χ0) is 15.0. The summed E-state index contributed by atoms with van der Waals surface area (Å²) in [6.07, 6.45) is 3.05. The molecular formula is C14H15FN2O4. The van der Waals surface area contributed by atoms with Gasteiger partial charge in [0, 0.05) is 5.69 Å². The molecule has 0 aromatic heterocycles.